The van der Waals surface area contributed by atoms with Gasteiger partial charge in [-0.15, -0.1) is 0 Å². The van der Waals surface area contributed by atoms with E-state index in [-0.39, 0.29) is 30.6 Å². The van der Waals surface area contributed by atoms with E-state index in [2.05, 4.69) is 0 Å². The molecule has 1 aliphatic heterocycles. The van der Waals surface area contributed by atoms with Crippen LogP contribution in [-0.4, -0.2) is 48.1 Å². The van der Waals surface area contributed by atoms with Gasteiger partial charge in [0.05, 0.1) is 37.4 Å². The van der Waals surface area contributed by atoms with E-state index in [1.165, 1.54) is 6.92 Å². The van der Waals surface area contributed by atoms with Crippen LogP contribution in [0.2, 0.25) is 0 Å². The number of aliphatic hydroxyl groups is 1. The van der Waals surface area contributed by atoms with Crippen molar-refractivity contribution >= 4 is 11.9 Å². The maximum atomic E-state index is 11.5. The van der Waals surface area contributed by atoms with Crippen molar-refractivity contribution in [2.75, 3.05) is 6.61 Å². The molecule has 0 aromatic carbocycles. The first-order valence-electron chi connectivity index (χ1n) is 8.43. The van der Waals surface area contributed by atoms with E-state index in [1.807, 2.05) is 19.1 Å². The minimum atomic E-state index is -0.802. The van der Waals surface area contributed by atoms with Crippen molar-refractivity contribution in [2.24, 2.45) is 0 Å². The number of carbonyl (C=O) groups is 2. The van der Waals surface area contributed by atoms with Crippen molar-refractivity contribution in [1.29, 1.82) is 0 Å². The zero-order chi connectivity index (χ0) is 17.9. The molecular weight excluding hydrogens is 312 g/mol. The molecule has 0 unspecified atom stereocenters. The van der Waals surface area contributed by atoms with Gasteiger partial charge >= 0.3 is 11.9 Å². The summed E-state index contributed by atoms with van der Waals surface area (Å²) in [7, 11) is 0. The highest BCUT2D eigenvalue weighted by Gasteiger charge is 2.27. The Balaban J connectivity index is 2.33. The van der Waals surface area contributed by atoms with Gasteiger partial charge in [0.25, 0.3) is 0 Å². The van der Waals surface area contributed by atoms with Gasteiger partial charge in [0.15, 0.2) is 0 Å². The summed E-state index contributed by atoms with van der Waals surface area (Å²) in [4.78, 5) is 22.3. The summed E-state index contributed by atoms with van der Waals surface area (Å²) in [6, 6.07) is 0. The molecule has 0 saturated heterocycles. The van der Waals surface area contributed by atoms with Gasteiger partial charge in [-0.2, -0.15) is 0 Å². The van der Waals surface area contributed by atoms with Gasteiger partial charge in [0, 0.05) is 6.92 Å². The van der Waals surface area contributed by atoms with Crippen molar-refractivity contribution in [3.63, 3.8) is 0 Å². The van der Waals surface area contributed by atoms with Gasteiger partial charge in [-0.1, -0.05) is 24.3 Å². The van der Waals surface area contributed by atoms with Crippen molar-refractivity contribution in [1.82, 2.24) is 0 Å². The number of hydrogen-bond donors (Lipinski definition) is 1. The molecule has 0 aromatic heterocycles. The molecule has 1 heterocycles. The van der Waals surface area contributed by atoms with Gasteiger partial charge in [-0.05, 0) is 33.1 Å². The molecule has 24 heavy (non-hydrogen) atoms. The zero-order valence-corrected chi connectivity index (χ0v) is 14.6. The van der Waals surface area contributed by atoms with Crippen molar-refractivity contribution in [2.45, 2.75) is 70.9 Å². The number of rotatable bonds is 9. The van der Waals surface area contributed by atoms with E-state index >= 15 is 0 Å². The van der Waals surface area contributed by atoms with Crippen LogP contribution in [0.15, 0.2) is 24.3 Å². The van der Waals surface area contributed by atoms with Gasteiger partial charge in [-0.25, -0.2) is 0 Å². The molecule has 1 aliphatic rings. The first-order chi connectivity index (χ1) is 11.4. The molecule has 0 radical (unpaired) electrons. The van der Waals surface area contributed by atoms with Crippen molar-refractivity contribution in [3.8, 4) is 0 Å². The minimum Gasteiger partial charge on any atom is -0.466 e. The summed E-state index contributed by atoms with van der Waals surface area (Å²) in [6.07, 6.45) is 8.14. The Hall–Kier alpha value is -1.66. The summed E-state index contributed by atoms with van der Waals surface area (Å²) in [6.45, 7) is 5.33. The van der Waals surface area contributed by atoms with Crippen LogP contribution >= 0.6 is 0 Å². The maximum absolute atomic E-state index is 11.5. The molecule has 0 aliphatic carbocycles. The third-order valence-electron chi connectivity index (χ3n) is 3.56. The molecule has 0 aromatic rings. The molecule has 6 heteroatoms. The van der Waals surface area contributed by atoms with Crippen molar-refractivity contribution in [3.05, 3.63) is 24.3 Å². The summed E-state index contributed by atoms with van der Waals surface area (Å²) < 4.78 is 15.6. The molecule has 1 N–H and O–H groups in total. The predicted molar refractivity (Wildman–Crippen MR) is 89.3 cm³/mol. The van der Waals surface area contributed by atoms with E-state index in [9.17, 15) is 14.7 Å². The van der Waals surface area contributed by atoms with Crippen molar-refractivity contribution < 1.29 is 28.9 Å². The van der Waals surface area contributed by atoms with Crippen LogP contribution < -0.4 is 0 Å². The molecule has 6 nitrogen and oxygen atoms in total. The first kappa shape index (κ1) is 20.4. The lowest BCUT2D eigenvalue weighted by Crippen LogP contribution is -2.36. The molecule has 0 amide bonds. The number of allylic oxidation sites excluding steroid dienone is 1. The molecule has 0 spiro atoms. The monoisotopic (exact) mass is 340 g/mol. The SMILES string of the molecule is CCOC(=O)C[C@@H]1O[C@@H](/C=C/CCC[C@H](C)OC(C)=O)C=C[C@@H]1O. The standard InChI is InChI=1S/C18H28O6/c1-4-22-18(21)12-17-16(20)11-10-15(24-17)9-7-5-6-8-13(2)23-14(3)19/h7,9-11,13,15-17,20H,4-6,8,12H2,1-3H3/b9-7+/t13-,15-,16-,17-/m0/s1. The molecule has 0 bridgehead atoms. The highest BCUT2D eigenvalue weighted by Crippen LogP contribution is 2.18. The van der Waals surface area contributed by atoms with Crippen LogP contribution in [0.1, 0.15) is 46.5 Å². The van der Waals surface area contributed by atoms with E-state index in [0.717, 1.165) is 19.3 Å². The van der Waals surface area contributed by atoms with Crippen LogP contribution in [0, 0.1) is 0 Å². The summed E-state index contributed by atoms with van der Waals surface area (Å²) in [5.41, 5.74) is 0. The van der Waals surface area contributed by atoms with E-state index in [4.69, 9.17) is 14.2 Å². The van der Waals surface area contributed by atoms with E-state index in [1.54, 1.807) is 19.1 Å². The van der Waals surface area contributed by atoms with Crippen LogP contribution in [0.5, 0.6) is 0 Å². The molecular formula is C18H28O6. The Bertz CT molecular complexity index is 456. The fourth-order valence-corrected chi connectivity index (χ4v) is 2.43. The Morgan fingerprint density at radius 3 is 2.79 bits per heavy atom. The lowest BCUT2D eigenvalue weighted by Gasteiger charge is -2.27. The Labute approximate surface area is 143 Å². The van der Waals surface area contributed by atoms with Crippen LogP contribution in [0.3, 0.4) is 0 Å². The third kappa shape index (κ3) is 8.26. The highest BCUT2D eigenvalue weighted by atomic mass is 16.5. The van der Waals surface area contributed by atoms with Crippen LogP contribution in [0.4, 0.5) is 0 Å². The largest absolute Gasteiger partial charge is 0.466 e. The number of unbranched alkanes of at least 4 members (excludes halogenated alkanes) is 1. The summed E-state index contributed by atoms with van der Waals surface area (Å²) in [5, 5.41) is 9.86. The average molecular weight is 340 g/mol. The Morgan fingerprint density at radius 1 is 1.38 bits per heavy atom. The first-order valence-corrected chi connectivity index (χ1v) is 8.43. The second-order valence-corrected chi connectivity index (χ2v) is 5.80. The lowest BCUT2D eigenvalue weighted by atomic mass is 10.0. The predicted octanol–water partition coefficient (Wildman–Crippen LogP) is 2.30. The quantitative estimate of drug-likeness (QED) is 0.394. The second kappa shape index (κ2) is 11.0. The maximum Gasteiger partial charge on any atom is 0.308 e. The number of esters is 2. The molecule has 0 fully saturated rings. The topological polar surface area (TPSA) is 82.1 Å². The Kier molecular flexibility index (Phi) is 9.34. The molecule has 1 rings (SSSR count). The van der Waals surface area contributed by atoms with Gasteiger partial charge < -0.3 is 19.3 Å². The molecule has 4 atom stereocenters. The van der Waals surface area contributed by atoms with Gasteiger partial charge in [0.2, 0.25) is 0 Å². The molecule has 0 saturated carbocycles. The number of aliphatic hydroxyl groups excluding tert-OH is 1. The van der Waals surface area contributed by atoms with Crippen LogP contribution in [0.25, 0.3) is 0 Å². The van der Waals surface area contributed by atoms with Gasteiger partial charge in [-0.3, -0.25) is 9.59 Å². The summed E-state index contributed by atoms with van der Waals surface area (Å²) >= 11 is 0. The summed E-state index contributed by atoms with van der Waals surface area (Å²) in [5.74, 6) is -0.635. The fraction of sp³-hybridized carbons (Fsp3) is 0.667. The van der Waals surface area contributed by atoms with E-state index < -0.39 is 12.2 Å². The normalized spacial score (nSPS) is 24.8. The Morgan fingerprint density at radius 2 is 2.12 bits per heavy atom. The van der Waals surface area contributed by atoms with Gasteiger partial charge in [0.1, 0.15) is 0 Å². The fourth-order valence-electron chi connectivity index (χ4n) is 2.43. The third-order valence-corrected chi connectivity index (χ3v) is 3.56. The second-order valence-electron chi connectivity index (χ2n) is 5.80. The average Bonchev–Trinajstić information content (AvgIpc) is 2.49. The number of carbonyl (C=O) groups excluding carboxylic acids is 2. The lowest BCUT2D eigenvalue weighted by molar-refractivity contribution is -0.149. The smallest absolute Gasteiger partial charge is 0.308 e. The van der Waals surface area contributed by atoms with Crippen LogP contribution in [-0.2, 0) is 23.8 Å². The molecule has 136 valence electrons. The number of ether oxygens (including phenoxy) is 3. The highest BCUT2D eigenvalue weighted by molar-refractivity contribution is 5.70. The minimum absolute atomic E-state index is 0.0313. The zero-order valence-electron chi connectivity index (χ0n) is 14.6. The van der Waals surface area contributed by atoms with E-state index in [0.29, 0.717) is 6.61 Å². The number of hydrogen-bond acceptors (Lipinski definition) is 6.